The number of para-hydroxylation sites is 1. The standard InChI is InChI=1S/C16H18N4O3/c1-10(2)13(15(21)20-11-6-4-3-5-7-11)23-16(22)12-14(17)19-9-8-18-12/h3-10,13H,1-2H3,(H2,17,19)(H,20,21). The summed E-state index contributed by atoms with van der Waals surface area (Å²) in [6.07, 6.45) is 1.74. The highest BCUT2D eigenvalue weighted by molar-refractivity contribution is 5.98. The highest BCUT2D eigenvalue weighted by Gasteiger charge is 2.28. The number of amides is 1. The Balaban J connectivity index is 2.11. The third-order valence-corrected chi connectivity index (χ3v) is 3.06. The smallest absolute Gasteiger partial charge is 0.361 e. The number of anilines is 2. The molecule has 2 rings (SSSR count). The van der Waals surface area contributed by atoms with Crippen LogP contribution in [-0.4, -0.2) is 27.9 Å². The number of nitrogens with one attached hydrogen (secondary N) is 1. The maximum absolute atomic E-state index is 12.4. The van der Waals surface area contributed by atoms with E-state index in [9.17, 15) is 9.59 Å². The number of nitrogens with zero attached hydrogens (tertiary/aromatic N) is 2. The zero-order valence-corrected chi connectivity index (χ0v) is 12.9. The summed E-state index contributed by atoms with van der Waals surface area (Å²) < 4.78 is 5.28. The van der Waals surface area contributed by atoms with Crippen LogP contribution in [0.4, 0.5) is 11.5 Å². The van der Waals surface area contributed by atoms with Gasteiger partial charge in [0, 0.05) is 18.1 Å². The monoisotopic (exact) mass is 314 g/mol. The maximum atomic E-state index is 12.4. The summed E-state index contributed by atoms with van der Waals surface area (Å²) in [5.41, 5.74) is 6.12. The van der Waals surface area contributed by atoms with Gasteiger partial charge in [0.2, 0.25) is 0 Å². The van der Waals surface area contributed by atoms with Crippen LogP contribution in [0.15, 0.2) is 42.7 Å². The third kappa shape index (κ3) is 4.26. The number of nitrogens with two attached hydrogens (primary N) is 1. The van der Waals surface area contributed by atoms with Gasteiger partial charge in [-0.2, -0.15) is 0 Å². The van der Waals surface area contributed by atoms with Crippen LogP contribution in [0.5, 0.6) is 0 Å². The van der Waals surface area contributed by atoms with Gasteiger partial charge in [0.05, 0.1) is 0 Å². The van der Waals surface area contributed by atoms with Gasteiger partial charge in [0.25, 0.3) is 5.91 Å². The quantitative estimate of drug-likeness (QED) is 0.816. The maximum Gasteiger partial charge on any atom is 0.361 e. The molecule has 7 heteroatoms. The molecule has 0 fully saturated rings. The molecule has 0 aliphatic rings. The molecular weight excluding hydrogens is 296 g/mol. The topological polar surface area (TPSA) is 107 Å². The molecule has 1 aromatic carbocycles. The number of esters is 1. The van der Waals surface area contributed by atoms with E-state index < -0.39 is 18.0 Å². The first-order valence-corrected chi connectivity index (χ1v) is 7.12. The summed E-state index contributed by atoms with van der Waals surface area (Å²) in [4.78, 5) is 32.1. The van der Waals surface area contributed by atoms with Gasteiger partial charge >= 0.3 is 5.97 Å². The van der Waals surface area contributed by atoms with Gasteiger partial charge in [-0.3, -0.25) is 4.79 Å². The van der Waals surface area contributed by atoms with Crippen LogP contribution in [0.3, 0.4) is 0 Å². The molecule has 0 aliphatic heterocycles. The van der Waals surface area contributed by atoms with E-state index in [0.717, 1.165) is 0 Å². The van der Waals surface area contributed by atoms with Crippen LogP contribution in [0, 0.1) is 5.92 Å². The van der Waals surface area contributed by atoms with Crippen LogP contribution in [-0.2, 0) is 9.53 Å². The molecule has 0 radical (unpaired) electrons. The van der Waals surface area contributed by atoms with Crippen molar-refractivity contribution in [2.45, 2.75) is 20.0 Å². The Hall–Kier alpha value is -2.96. The Morgan fingerprint density at radius 2 is 1.78 bits per heavy atom. The van der Waals surface area contributed by atoms with Gasteiger partial charge in [0.1, 0.15) is 0 Å². The lowest BCUT2D eigenvalue weighted by atomic mass is 10.1. The average molecular weight is 314 g/mol. The molecule has 0 spiro atoms. The van der Waals surface area contributed by atoms with Crippen molar-refractivity contribution in [3.05, 3.63) is 48.4 Å². The molecule has 0 aliphatic carbocycles. The Bertz CT molecular complexity index is 689. The second kappa shape index (κ2) is 7.35. The Kier molecular flexibility index (Phi) is 5.24. The lowest BCUT2D eigenvalue weighted by Gasteiger charge is -2.20. The third-order valence-electron chi connectivity index (χ3n) is 3.06. The van der Waals surface area contributed by atoms with E-state index in [1.54, 1.807) is 38.1 Å². The van der Waals surface area contributed by atoms with Gasteiger partial charge in [-0.25, -0.2) is 14.8 Å². The predicted octanol–water partition coefficient (Wildman–Crippen LogP) is 1.88. The fourth-order valence-corrected chi connectivity index (χ4v) is 1.90. The summed E-state index contributed by atoms with van der Waals surface area (Å²) in [7, 11) is 0. The molecule has 1 aromatic heterocycles. The zero-order chi connectivity index (χ0) is 16.8. The molecule has 120 valence electrons. The lowest BCUT2D eigenvalue weighted by molar-refractivity contribution is -0.126. The summed E-state index contributed by atoms with van der Waals surface area (Å²) >= 11 is 0. The highest BCUT2D eigenvalue weighted by atomic mass is 16.5. The Morgan fingerprint density at radius 3 is 2.39 bits per heavy atom. The van der Waals surface area contributed by atoms with Crippen LogP contribution in [0.1, 0.15) is 24.3 Å². The van der Waals surface area contributed by atoms with Crippen LogP contribution >= 0.6 is 0 Å². The van der Waals surface area contributed by atoms with Gasteiger partial charge in [0.15, 0.2) is 17.6 Å². The summed E-state index contributed by atoms with van der Waals surface area (Å²) in [5.74, 6) is -1.46. The second-order valence-electron chi connectivity index (χ2n) is 5.22. The molecule has 0 bridgehead atoms. The van der Waals surface area contributed by atoms with E-state index >= 15 is 0 Å². The number of hydrogen-bond acceptors (Lipinski definition) is 6. The van der Waals surface area contributed by atoms with Crippen LogP contribution < -0.4 is 11.1 Å². The first-order valence-electron chi connectivity index (χ1n) is 7.12. The van der Waals surface area contributed by atoms with E-state index in [2.05, 4.69) is 15.3 Å². The fraction of sp³-hybridized carbons (Fsp3) is 0.250. The largest absolute Gasteiger partial charge is 0.447 e. The number of ether oxygens (including phenoxy) is 1. The molecule has 1 unspecified atom stereocenters. The Labute approximate surface area is 133 Å². The molecule has 2 aromatic rings. The summed E-state index contributed by atoms with van der Waals surface area (Å²) in [6, 6.07) is 8.93. The number of rotatable bonds is 5. The second-order valence-corrected chi connectivity index (χ2v) is 5.22. The number of benzene rings is 1. The molecule has 7 nitrogen and oxygen atoms in total. The SMILES string of the molecule is CC(C)C(OC(=O)c1nccnc1N)C(=O)Nc1ccccc1. The van der Waals surface area contributed by atoms with E-state index in [1.807, 2.05) is 6.07 Å². The van der Waals surface area contributed by atoms with Crippen molar-refractivity contribution in [1.29, 1.82) is 0 Å². The molecule has 1 heterocycles. The highest BCUT2D eigenvalue weighted by Crippen LogP contribution is 2.15. The van der Waals surface area contributed by atoms with Gasteiger partial charge in [-0.15, -0.1) is 0 Å². The number of hydrogen-bond donors (Lipinski definition) is 2. The van der Waals surface area contributed by atoms with Crippen molar-refractivity contribution >= 4 is 23.4 Å². The minimum atomic E-state index is -0.968. The van der Waals surface area contributed by atoms with Crippen molar-refractivity contribution in [2.24, 2.45) is 5.92 Å². The molecule has 0 saturated carbocycles. The average Bonchev–Trinajstić information content (AvgIpc) is 2.53. The molecular formula is C16H18N4O3. The van der Waals surface area contributed by atoms with Crippen molar-refractivity contribution in [3.63, 3.8) is 0 Å². The normalized spacial score (nSPS) is 11.8. The van der Waals surface area contributed by atoms with Gasteiger partial charge in [-0.1, -0.05) is 32.0 Å². The van der Waals surface area contributed by atoms with Crippen LogP contribution in [0.25, 0.3) is 0 Å². The van der Waals surface area contributed by atoms with Crippen molar-refractivity contribution < 1.29 is 14.3 Å². The molecule has 1 atom stereocenters. The fourth-order valence-electron chi connectivity index (χ4n) is 1.90. The first-order chi connectivity index (χ1) is 11.0. The zero-order valence-electron chi connectivity index (χ0n) is 12.9. The molecule has 1 amide bonds. The number of carbonyl (C=O) groups excluding carboxylic acids is 2. The molecule has 0 saturated heterocycles. The van der Waals surface area contributed by atoms with E-state index in [1.165, 1.54) is 12.4 Å². The van der Waals surface area contributed by atoms with E-state index in [0.29, 0.717) is 5.69 Å². The van der Waals surface area contributed by atoms with Gasteiger partial charge in [-0.05, 0) is 18.1 Å². The minimum Gasteiger partial charge on any atom is -0.447 e. The minimum absolute atomic E-state index is 0.0385. The lowest BCUT2D eigenvalue weighted by Crippen LogP contribution is -2.37. The summed E-state index contributed by atoms with van der Waals surface area (Å²) in [5, 5.41) is 2.71. The summed E-state index contributed by atoms with van der Waals surface area (Å²) in [6.45, 7) is 3.56. The van der Waals surface area contributed by atoms with E-state index in [4.69, 9.17) is 10.5 Å². The first kappa shape index (κ1) is 16.4. The van der Waals surface area contributed by atoms with Crippen molar-refractivity contribution in [2.75, 3.05) is 11.1 Å². The number of aromatic nitrogens is 2. The molecule has 23 heavy (non-hydrogen) atoms. The number of carbonyl (C=O) groups is 2. The van der Waals surface area contributed by atoms with Crippen molar-refractivity contribution in [3.8, 4) is 0 Å². The van der Waals surface area contributed by atoms with Crippen LogP contribution in [0.2, 0.25) is 0 Å². The predicted molar refractivity (Wildman–Crippen MR) is 85.6 cm³/mol. The Morgan fingerprint density at radius 1 is 1.13 bits per heavy atom. The number of nitrogen functional groups attached to an aromatic ring is 1. The molecule has 3 N–H and O–H groups in total. The van der Waals surface area contributed by atoms with Gasteiger partial charge < -0.3 is 15.8 Å². The van der Waals surface area contributed by atoms with E-state index in [-0.39, 0.29) is 17.4 Å². The van der Waals surface area contributed by atoms with Crippen molar-refractivity contribution in [1.82, 2.24) is 9.97 Å².